The molecule has 1 aromatic carbocycles. The first-order chi connectivity index (χ1) is 12.5. The van der Waals surface area contributed by atoms with Gasteiger partial charge in [0.2, 0.25) is 0 Å². The fourth-order valence-corrected chi connectivity index (χ4v) is 3.80. The molecule has 0 bridgehead atoms. The van der Waals surface area contributed by atoms with E-state index >= 15 is 0 Å². The van der Waals surface area contributed by atoms with Crippen LogP contribution in [-0.4, -0.2) is 34.4 Å². The Bertz CT molecular complexity index is 812. The van der Waals surface area contributed by atoms with E-state index < -0.39 is 0 Å². The Kier molecular flexibility index (Phi) is 5.20. The third kappa shape index (κ3) is 3.16. The third-order valence-corrected chi connectivity index (χ3v) is 5.30. The van der Waals surface area contributed by atoms with Crippen molar-refractivity contribution in [3.05, 3.63) is 40.6 Å². The van der Waals surface area contributed by atoms with Crippen LogP contribution in [0.25, 0.3) is 0 Å². The van der Waals surface area contributed by atoms with Crippen molar-refractivity contribution in [3.63, 3.8) is 0 Å². The number of aryl methyl sites for hydroxylation is 2. The maximum absolute atomic E-state index is 13.0. The first-order valence-electron chi connectivity index (χ1n) is 9.29. The normalized spacial score (nSPS) is 16.3. The van der Waals surface area contributed by atoms with Crippen molar-refractivity contribution < 1.29 is 9.53 Å². The second-order valence-corrected chi connectivity index (χ2v) is 6.72. The summed E-state index contributed by atoms with van der Waals surface area (Å²) in [6.07, 6.45) is 2.56. The molecule has 2 aromatic rings. The number of amides is 2. The highest BCUT2D eigenvalue weighted by Gasteiger charge is 2.29. The number of hydrogen-bond donors (Lipinski definition) is 1. The van der Waals surface area contributed by atoms with Gasteiger partial charge in [-0.2, -0.15) is 5.10 Å². The maximum atomic E-state index is 13.0. The average Bonchev–Trinajstić information content (AvgIpc) is 2.96. The van der Waals surface area contributed by atoms with Gasteiger partial charge in [-0.25, -0.2) is 4.79 Å². The summed E-state index contributed by atoms with van der Waals surface area (Å²) >= 11 is 0. The summed E-state index contributed by atoms with van der Waals surface area (Å²) in [5.41, 5.74) is 4.60. The van der Waals surface area contributed by atoms with Crippen LogP contribution in [0.4, 0.5) is 10.6 Å². The Morgan fingerprint density at radius 2 is 2.12 bits per heavy atom. The van der Waals surface area contributed by atoms with Crippen molar-refractivity contribution >= 4 is 11.8 Å². The number of nitrogens with zero attached hydrogens (tertiary/aromatic N) is 3. The molecule has 1 aliphatic rings. The van der Waals surface area contributed by atoms with Crippen LogP contribution in [0.5, 0.6) is 5.75 Å². The Morgan fingerprint density at radius 3 is 2.77 bits per heavy atom. The molecule has 0 spiro atoms. The molecular weight excluding hydrogens is 328 g/mol. The van der Waals surface area contributed by atoms with E-state index in [4.69, 9.17) is 4.74 Å². The lowest BCUT2D eigenvalue weighted by molar-refractivity contribution is 0.188. The van der Waals surface area contributed by atoms with Crippen molar-refractivity contribution in [2.45, 2.75) is 46.1 Å². The van der Waals surface area contributed by atoms with Crippen molar-refractivity contribution in [1.29, 1.82) is 0 Å². The first kappa shape index (κ1) is 18.3. The zero-order valence-corrected chi connectivity index (χ0v) is 16.3. The van der Waals surface area contributed by atoms with Gasteiger partial charge in [0.15, 0.2) is 0 Å². The van der Waals surface area contributed by atoms with Crippen LogP contribution in [0.15, 0.2) is 18.2 Å². The summed E-state index contributed by atoms with van der Waals surface area (Å²) in [5.74, 6) is 1.63. The maximum Gasteiger partial charge on any atom is 0.323 e. The molecule has 0 saturated carbocycles. The van der Waals surface area contributed by atoms with E-state index in [9.17, 15) is 4.79 Å². The minimum absolute atomic E-state index is 0.00204. The summed E-state index contributed by atoms with van der Waals surface area (Å²) in [5, 5.41) is 7.64. The molecular formula is C20H28N4O2. The van der Waals surface area contributed by atoms with E-state index in [2.05, 4.69) is 37.3 Å². The number of nitrogens with one attached hydrogen (secondary N) is 1. The van der Waals surface area contributed by atoms with E-state index in [1.807, 2.05) is 24.1 Å². The highest BCUT2D eigenvalue weighted by Crippen LogP contribution is 2.33. The Balaban J connectivity index is 1.84. The lowest BCUT2D eigenvalue weighted by Crippen LogP contribution is -2.41. The Labute approximate surface area is 155 Å². The smallest absolute Gasteiger partial charge is 0.323 e. The van der Waals surface area contributed by atoms with Crippen LogP contribution in [0.3, 0.4) is 0 Å². The number of rotatable bonds is 4. The van der Waals surface area contributed by atoms with Gasteiger partial charge < -0.3 is 9.64 Å². The molecule has 0 saturated heterocycles. The van der Waals surface area contributed by atoms with E-state index in [0.29, 0.717) is 6.54 Å². The van der Waals surface area contributed by atoms with Gasteiger partial charge in [0.25, 0.3) is 0 Å². The highest BCUT2D eigenvalue weighted by molar-refractivity contribution is 5.90. The topological polar surface area (TPSA) is 59.4 Å². The van der Waals surface area contributed by atoms with Crippen LogP contribution in [0.1, 0.15) is 49.2 Å². The third-order valence-electron chi connectivity index (χ3n) is 5.30. The zero-order chi connectivity index (χ0) is 18.8. The zero-order valence-electron chi connectivity index (χ0n) is 16.3. The second kappa shape index (κ2) is 7.40. The standard InChI is InChI=1S/C20H28N4O2/c1-6-16-18(7-2)22-23(4)19(16)21-20(25)24-11-10-14-8-9-15(26-5)12-17(14)13(24)3/h8-9,12-13H,6-7,10-11H2,1-5H3,(H,21,25)/t13-/m1/s1. The molecule has 1 aromatic heterocycles. The molecule has 6 heteroatoms. The number of fused-ring (bicyclic) bond motifs is 1. The summed E-state index contributed by atoms with van der Waals surface area (Å²) in [6.45, 7) is 6.95. The summed E-state index contributed by atoms with van der Waals surface area (Å²) in [4.78, 5) is 14.9. The molecule has 1 atom stereocenters. The van der Waals surface area contributed by atoms with Gasteiger partial charge in [-0.1, -0.05) is 19.9 Å². The summed E-state index contributed by atoms with van der Waals surface area (Å²) in [7, 11) is 3.55. The van der Waals surface area contributed by atoms with E-state index in [1.54, 1.807) is 11.8 Å². The van der Waals surface area contributed by atoms with Gasteiger partial charge in [-0.3, -0.25) is 10.00 Å². The number of carbonyl (C=O) groups excluding carboxylic acids is 1. The van der Waals surface area contributed by atoms with Crippen LogP contribution < -0.4 is 10.1 Å². The molecule has 6 nitrogen and oxygen atoms in total. The average molecular weight is 356 g/mol. The molecule has 1 aliphatic heterocycles. The second-order valence-electron chi connectivity index (χ2n) is 6.72. The molecule has 0 radical (unpaired) electrons. The van der Waals surface area contributed by atoms with Crippen LogP contribution in [-0.2, 0) is 26.3 Å². The number of ether oxygens (including phenoxy) is 1. The molecule has 0 unspecified atom stereocenters. The van der Waals surface area contributed by atoms with E-state index in [0.717, 1.165) is 47.7 Å². The molecule has 0 fully saturated rings. The van der Waals surface area contributed by atoms with Gasteiger partial charge in [0.1, 0.15) is 11.6 Å². The Morgan fingerprint density at radius 1 is 1.35 bits per heavy atom. The molecule has 0 aliphatic carbocycles. The van der Waals surface area contributed by atoms with Crippen LogP contribution in [0, 0.1) is 0 Å². The number of benzene rings is 1. The van der Waals surface area contributed by atoms with E-state index in [-0.39, 0.29) is 12.1 Å². The molecule has 1 N–H and O–H groups in total. The minimum Gasteiger partial charge on any atom is -0.497 e. The lowest BCUT2D eigenvalue weighted by Gasteiger charge is -2.35. The van der Waals surface area contributed by atoms with Gasteiger partial charge in [0.05, 0.1) is 18.8 Å². The fourth-order valence-electron chi connectivity index (χ4n) is 3.80. The van der Waals surface area contributed by atoms with Crippen LogP contribution in [0.2, 0.25) is 0 Å². The van der Waals surface area contributed by atoms with Gasteiger partial charge in [0, 0.05) is 19.2 Å². The quantitative estimate of drug-likeness (QED) is 0.908. The van der Waals surface area contributed by atoms with Crippen LogP contribution >= 0.6 is 0 Å². The van der Waals surface area contributed by atoms with Gasteiger partial charge in [-0.05, 0) is 49.4 Å². The summed E-state index contributed by atoms with van der Waals surface area (Å²) in [6, 6.07) is 6.04. The minimum atomic E-state index is -0.0775. The number of methoxy groups -OCH3 is 1. The number of hydrogen-bond acceptors (Lipinski definition) is 3. The van der Waals surface area contributed by atoms with E-state index in [1.165, 1.54) is 5.56 Å². The molecule has 2 amide bonds. The summed E-state index contributed by atoms with van der Waals surface area (Å²) < 4.78 is 7.13. The monoisotopic (exact) mass is 356 g/mol. The van der Waals surface area contributed by atoms with Crippen molar-refractivity contribution in [2.24, 2.45) is 7.05 Å². The molecule has 2 heterocycles. The van der Waals surface area contributed by atoms with Crippen molar-refractivity contribution in [3.8, 4) is 5.75 Å². The number of urea groups is 1. The molecule has 3 rings (SSSR count). The highest BCUT2D eigenvalue weighted by atomic mass is 16.5. The first-order valence-corrected chi connectivity index (χ1v) is 9.29. The SMILES string of the molecule is CCc1nn(C)c(NC(=O)N2CCc3ccc(OC)cc3[C@H]2C)c1CC. The number of aromatic nitrogens is 2. The van der Waals surface area contributed by atoms with Crippen molar-refractivity contribution in [1.82, 2.24) is 14.7 Å². The van der Waals surface area contributed by atoms with Crippen molar-refractivity contribution in [2.75, 3.05) is 19.0 Å². The fraction of sp³-hybridized carbons (Fsp3) is 0.500. The number of anilines is 1. The van der Waals surface area contributed by atoms with Gasteiger partial charge in [-0.15, -0.1) is 0 Å². The lowest BCUT2D eigenvalue weighted by atomic mass is 9.93. The van der Waals surface area contributed by atoms with Gasteiger partial charge >= 0.3 is 6.03 Å². The molecule has 140 valence electrons. The predicted molar refractivity (Wildman–Crippen MR) is 103 cm³/mol. The number of carbonyl (C=O) groups is 1. The molecule has 26 heavy (non-hydrogen) atoms. The largest absolute Gasteiger partial charge is 0.497 e. The predicted octanol–water partition coefficient (Wildman–Crippen LogP) is 3.70. The Hall–Kier alpha value is -2.50.